The number of hydrogen-bond donors (Lipinski definition) is 1. The third kappa shape index (κ3) is 7.45. The molecular weight excluding hydrogens is 450 g/mol. The van der Waals surface area contributed by atoms with Gasteiger partial charge in [-0.05, 0) is 89.7 Å². The van der Waals surface area contributed by atoms with Crippen LogP contribution < -0.4 is 14.8 Å². The summed E-state index contributed by atoms with van der Waals surface area (Å²) in [4.78, 5) is 19.6. The molecule has 196 valence electrons. The Balaban J connectivity index is 1.39. The van der Waals surface area contributed by atoms with Crippen LogP contribution in [-0.2, 0) is 11.2 Å². The molecule has 1 N–H and O–H groups in total. The Bertz CT molecular complexity index is 964. The summed E-state index contributed by atoms with van der Waals surface area (Å²) < 4.78 is 12.1. The molecule has 0 bridgehead atoms. The van der Waals surface area contributed by atoms with E-state index < -0.39 is 0 Å². The van der Waals surface area contributed by atoms with Gasteiger partial charge in [-0.15, -0.1) is 0 Å². The molecule has 2 fully saturated rings. The predicted molar refractivity (Wildman–Crippen MR) is 144 cm³/mol. The second-order valence-corrected chi connectivity index (χ2v) is 10.6. The minimum Gasteiger partial charge on any atom is -0.494 e. The van der Waals surface area contributed by atoms with Crippen LogP contribution in [0.2, 0.25) is 0 Å². The van der Waals surface area contributed by atoms with E-state index in [2.05, 4.69) is 29.2 Å². The summed E-state index contributed by atoms with van der Waals surface area (Å²) in [5.41, 5.74) is 2.77. The molecule has 2 aromatic rings. The van der Waals surface area contributed by atoms with E-state index in [9.17, 15) is 4.79 Å². The number of aromatic nitrogens is 1. The van der Waals surface area contributed by atoms with Crippen molar-refractivity contribution in [1.29, 1.82) is 0 Å². The van der Waals surface area contributed by atoms with E-state index in [-0.39, 0.29) is 11.9 Å². The van der Waals surface area contributed by atoms with Gasteiger partial charge in [-0.25, -0.2) is 0 Å². The highest BCUT2D eigenvalue weighted by atomic mass is 16.5. The average Bonchev–Trinajstić information content (AvgIpc) is 2.90. The van der Waals surface area contributed by atoms with Gasteiger partial charge in [-0.3, -0.25) is 9.78 Å². The van der Waals surface area contributed by atoms with Crippen molar-refractivity contribution in [2.45, 2.75) is 71.3 Å². The zero-order chi connectivity index (χ0) is 25.3. The van der Waals surface area contributed by atoms with E-state index in [0.29, 0.717) is 31.5 Å². The molecule has 1 atom stereocenters. The number of hydrogen-bond acceptors (Lipinski definition) is 5. The van der Waals surface area contributed by atoms with Crippen molar-refractivity contribution < 1.29 is 14.3 Å². The lowest BCUT2D eigenvalue weighted by atomic mass is 9.84. The van der Waals surface area contributed by atoms with Crippen LogP contribution >= 0.6 is 0 Å². The number of rotatable bonds is 10. The van der Waals surface area contributed by atoms with Gasteiger partial charge in [0, 0.05) is 35.1 Å². The summed E-state index contributed by atoms with van der Waals surface area (Å²) in [6, 6.07) is 10.2. The molecule has 1 aliphatic carbocycles. The fourth-order valence-corrected chi connectivity index (χ4v) is 5.46. The van der Waals surface area contributed by atoms with Crippen molar-refractivity contribution in [3.8, 4) is 22.6 Å². The predicted octanol–water partition coefficient (Wildman–Crippen LogP) is 5.50. The molecule has 6 nitrogen and oxygen atoms in total. The Kier molecular flexibility index (Phi) is 9.62. The minimum absolute atomic E-state index is 0.0524. The molecule has 0 radical (unpaired) electrons. The van der Waals surface area contributed by atoms with Crippen molar-refractivity contribution >= 4 is 5.91 Å². The quantitative estimate of drug-likeness (QED) is 0.474. The highest BCUT2D eigenvalue weighted by Gasteiger charge is 2.22. The first-order chi connectivity index (χ1) is 17.5. The second kappa shape index (κ2) is 13.1. The number of pyridine rings is 1. The lowest BCUT2D eigenvalue weighted by Crippen LogP contribution is -2.39. The van der Waals surface area contributed by atoms with E-state index in [4.69, 9.17) is 9.47 Å². The van der Waals surface area contributed by atoms with Crippen LogP contribution in [0.3, 0.4) is 0 Å². The second-order valence-electron chi connectivity index (χ2n) is 10.6. The first-order valence-corrected chi connectivity index (χ1v) is 13.8. The molecule has 36 heavy (non-hydrogen) atoms. The van der Waals surface area contributed by atoms with Gasteiger partial charge in [0.15, 0.2) is 0 Å². The van der Waals surface area contributed by atoms with Gasteiger partial charge in [0.25, 0.3) is 0 Å². The molecule has 4 rings (SSSR count). The van der Waals surface area contributed by atoms with Crippen LogP contribution in [-0.4, -0.2) is 55.2 Å². The van der Waals surface area contributed by atoms with Crippen LogP contribution in [0.4, 0.5) is 0 Å². The van der Waals surface area contributed by atoms with Crippen molar-refractivity contribution in [3.05, 3.63) is 42.2 Å². The number of nitrogens with one attached hydrogen (secondary N) is 1. The van der Waals surface area contributed by atoms with Gasteiger partial charge in [-0.2, -0.15) is 0 Å². The fourth-order valence-electron chi connectivity index (χ4n) is 5.46. The van der Waals surface area contributed by atoms with Gasteiger partial charge in [-0.1, -0.05) is 25.3 Å². The third-order valence-electron chi connectivity index (χ3n) is 7.80. The zero-order valence-corrected chi connectivity index (χ0v) is 22.3. The van der Waals surface area contributed by atoms with Gasteiger partial charge >= 0.3 is 0 Å². The van der Waals surface area contributed by atoms with Crippen LogP contribution in [0.1, 0.15) is 64.5 Å². The maximum Gasteiger partial charge on any atom is 0.226 e. The number of nitrogens with zero attached hydrogens (tertiary/aromatic N) is 2. The summed E-state index contributed by atoms with van der Waals surface area (Å²) in [7, 11) is 2.18. The number of carbonyl (C=O) groups excluding carboxylic acids is 1. The Morgan fingerprint density at radius 1 is 1.08 bits per heavy atom. The molecule has 1 aliphatic heterocycles. The molecule has 1 saturated heterocycles. The Morgan fingerprint density at radius 3 is 2.56 bits per heavy atom. The first-order valence-electron chi connectivity index (χ1n) is 13.8. The number of benzene rings is 1. The van der Waals surface area contributed by atoms with Crippen LogP contribution in [0.5, 0.6) is 11.5 Å². The first kappa shape index (κ1) is 26.5. The van der Waals surface area contributed by atoms with Crippen molar-refractivity contribution in [3.63, 3.8) is 0 Å². The van der Waals surface area contributed by atoms with E-state index >= 15 is 0 Å². The number of carbonyl (C=O) groups is 1. The van der Waals surface area contributed by atoms with Crippen LogP contribution in [0.15, 0.2) is 36.5 Å². The van der Waals surface area contributed by atoms with E-state index in [1.807, 2.05) is 43.5 Å². The summed E-state index contributed by atoms with van der Waals surface area (Å²) >= 11 is 0. The Morgan fingerprint density at radius 2 is 1.86 bits per heavy atom. The van der Waals surface area contributed by atoms with Crippen molar-refractivity contribution in [2.75, 3.05) is 33.4 Å². The normalized spacial score (nSPS) is 18.5. The molecule has 0 unspecified atom stereocenters. The number of piperidine rings is 1. The number of ether oxygens (including phenoxy) is 2. The molecule has 6 heteroatoms. The molecular formula is C30H43N3O3. The van der Waals surface area contributed by atoms with Crippen LogP contribution in [0.25, 0.3) is 11.1 Å². The summed E-state index contributed by atoms with van der Waals surface area (Å²) in [5.74, 6) is 2.86. The highest BCUT2D eigenvalue weighted by molar-refractivity contribution is 5.78. The SMILES string of the molecule is CCOc1ccc(-c2ccc(CC(=O)N[C@H](C)C3CCCCC3)nc2)c(OCC2CCN(C)CC2)c1. The number of amides is 1. The Hall–Kier alpha value is -2.60. The maximum atomic E-state index is 12.6. The van der Waals surface area contributed by atoms with Crippen molar-refractivity contribution in [2.24, 2.45) is 11.8 Å². The smallest absolute Gasteiger partial charge is 0.226 e. The molecule has 2 aliphatic rings. The molecule has 2 heterocycles. The standard InChI is InChI=1S/C30H43N3O3/c1-4-35-27-12-13-28(29(19-27)36-21-23-14-16-33(3)17-15-23)25-10-11-26(31-20-25)18-30(34)32-22(2)24-8-6-5-7-9-24/h10-13,19-20,22-24H,4-9,14-18,21H2,1-3H3,(H,32,34)/t22-/m1/s1. The Labute approximate surface area is 216 Å². The molecule has 1 saturated carbocycles. The molecule has 0 spiro atoms. The topological polar surface area (TPSA) is 63.7 Å². The monoisotopic (exact) mass is 493 g/mol. The minimum atomic E-state index is 0.0524. The lowest BCUT2D eigenvalue weighted by molar-refractivity contribution is -0.121. The number of likely N-dealkylation sites (tertiary alicyclic amines) is 1. The van der Waals surface area contributed by atoms with E-state index in [1.165, 1.54) is 32.1 Å². The fraction of sp³-hybridized carbons (Fsp3) is 0.600. The van der Waals surface area contributed by atoms with Crippen molar-refractivity contribution in [1.82, 2.24) is 15.2 Å². The van der Waals surface area contributed by atoms with Gasteiger partial charge in [0.05, 0.1) is 19.6 Å². The largest absolute Gasteiger partial charge is 0.494 e. The molecule has 1 aromatic heterocycles. The van der Waals surface area contributed by atoms with E-state index in [0.717, 1.165) is 54.3 Å². The van der Waals surface area contributed by atoms with Gasteiger partial charge in [0.2, 0.25) is 5.91 Å². The third-order valence-corrected chi connectivity index (χ3v) is 7.80. The van der Waals surface area contributed by atoms with Gasteiger partial charge < -0.3 is 19.7 Å². The summed E-state index contributed by atoms with van der Waals surface area (Å²) in [5, 5.41) is 3.21. The maximum absolute atomic E-state index is 12.6. The van der Waals surface area contributed by atoms with Crippen LogP contribution in [0, 0.1) is 11.8 Å². The molecule has 1 amide bonds. The molecule has 1 aromatic carbocycles. The van der Waals surface area contributed by atoms with E-state index in [1.54, 1.807) is 0 Å². The summed E-state index contributed by atoms with van der Waals surface area (Å²) in [6.07, 6.45) is 10.8. The lowest BCUT2D eigenvalue weighted by Gasteiger charge is -2.29. The zero-order valence-electron chi connectivity index (χ0n) is 22.3. The average molecular weight is 494 g/mol. The highest BCUT2D eigenvalue weighted by Crippen LogP contribution is 2.34. The summed E-state index contributed by atoms with van der Waals surface area (Å²) in [6.45, 7) is 7.70. The van der Waals surface area contributed by atoms with Gasteiger partial charge in [0.1, 0.15) is 11.5 Å².